The Kier molecular flexibility index (Phi) is 5.03. The van der Waals surface area contributed by atoms with Gasteiger partial charge in [0, 0.05) is 7.05 Å². The Balaban J connectivity index is 2.21. The summed E-state index contributed by atoms with van der Waals surface area (Å²) in [5, 5.41) is 26.2. The highest BCUT2D eigenvalue weighted by Gasteiger charge is 2.28. The Morgan fingerprint density at radius 1 is 1.14 bits per heavy atom. The second-order valence-electron chi connectivity index (χ2n) is 5.73. The smallest absolute Gasteiger partial charge is 0.376 e. The van der Waals surface area contributed by atoms with Crippen LogP contribution in [0.2, 0.25) is 0 Å². The molecule has 28 heavy (non-hydrogen) atoms. The normalized spacial score (nSPS) is 10.9. The van der Waals surface area contributed by atoms with Crippen molar-refractivity contribution < 1.29 is 10.0 Å². The van der Waals surface area contributed by atoms with Crippen LogP contribution in [0.15, 0.2) is 69.3 Å². The molecule has 0 amide bonds. The lowest BCUT2D eigenvalue weighted by atomic mass is 10.2. The number of para-hydroxylation sites is 1. The molecule has 0 bridgehead atoms. The molecule has 0 saturated carbocycles. The maximum atomic E-state index is 12.3. The summed E-state index contributed by atoms with van der Waals surface area (Å²) in [6, 6.07) is 14.4. The third-order valence-corrected chi connectivity index (χ3v) is 3.87. The van der Waals surface area contributed by atoms with Gasteiger partial charge in [-0.1, -0.05) is 18.2 Å². The fraction of sp³-hybridized carbons (Fsp3) is 0.0556. The van der Waals surface area contributed by atoms with E-state index in [9.17, 15) is 24.8 Å². The molecule has 0 aliphatic rings. The highest BCUT2D eigenvalue weighted by Crippen LogP contribution is 2.28. The number of hydrogen-bond donors (Lipinski definition) is 2. The largest absolute Gasteiger partial charge is 0.508 e. The van der Waals surface area contributed by atoms with Crippen molar-refractivity contribution in [3.05, 3.63) is 91.1 Å². The average Bonchev–Trinajstić information content (AvgIpc) is 2.68. The van der Waals surface area contributed by atoms with Crippen molar-refractivity contribution >= 4 is 23.4 Å². The number of anilines is 2. The van der Waals surface area contributed by atoms with Gasteiger partial charge in [0.2, 0.25) is 5.82 Å². The van der Waals surface area contributed by atoms with Crippen LogP contribution in [-0.4, -0.2) is 25.8 Å². The molecule has 0 radical (unpaired) electrons. The van der Waals surface area contributed by atoms with Crippen molar-refractivity contribution in [1.82, 2.24) is 9.55 Å². The maximum Gasteiger partial charge on any atom is 0.376 e. The topological polar surface area (TPSA) is 134 Å². The Morgan fingerprint density at radius 3 is 2.39 bits per heavy atom. The zero-order chi connectivity index (χ0) is 20.3. The summed E-state index contributed by atoms with van der Waals surface area (Å²) in [7, 11) is 1.14. The average molecular weight is 381 g/mol. The number of rotatable bonds is 5. The number of hydrogen-bond acceptors (Lipinski definition) is 7. The lowest BCUT2D eigenvalue weighted by Crippen LogP contribution is -2.36. The number of nitro groups is 1. The third kappa shape index (κ3) is 3.65. The number of benzene rings is 2. The van der Waals surface area contributed by atoms with Crippen LogP contribution in [0.1, 0.15) is 5.56 Å². The first-order chi connectivity index (χ1) is 13.4. The van der Waals surface area contributed by atoms with Crippen LogP contribution in [0.3, 0.4) is 0 Å². The van der Waals surface area contributed by atoms with Crippen molar-refractivity contribution in [3.8, 4) is 5.75 Å². The Bertz CT molecular complexity index is 1150. The molecule has 0 fully saturated rings. The van der Waals surface area contributed by atoms with Crippen LogP contribution in [0, 0.1) is 10.1 Å². The lowest BCUT2D eigenvalue weighted by molar-refractivity contribution is -0.386. The molecule has 2 aromatic carbocycles. The Morgan fingerprint density at radius 2 is 1.79 bits per heavy atom. The molecule has 0 aliphatic carbocycles. The molecule has 142 valence electrons. The molecular formula is C18H15N5O5. The van der Waals surface area contributed by atoms with Gasteiger partial charge in [0.25, 0.3) is 0 Å². The second-order valence-corrected chi connectivity index (χ2v) is 5.73. The van der Waals surface area contributed by atoms with Gasteiger partial charge in [-0.05, 0) is 42.0 Å². The van der Waals surface area contributed by atoms with Gasteiger partial charge in [-0.15, -0.1) is 0 Å². The maximum absolute atomic E-state index is 12.3. The summed E-state index contributed by atoms with van der Waals surface area (Å²) in [5.74, 6) is -0.289. The second kappa shape index (κ2) is 7.58. The minimum Gasteiger partial charge on any atom is -0.508 e. The number of H-pyrrole nitrogens is 1. The number of hydrazone groups is 1. The van der Waals surface area contributed by atoms with E-state index in [1.165, 1.54) is 18.3 Å². The summed E-state index contributed by atoms with van der Waals surface area (Å²) in [6.07, 6.45) is 1.38. The first kappa shape index (κ1) is 18.6. The van der Waals surface area contributed by atoms with Crippen LogP contribution in [0.5, 0.6) is 5.75 Å². The first-order valence-corrected chi connectivity index (χ1v) is 8.04. The van der Waals surface area contributed by atoms with E-state index in [2.05, 4.69) is 10.1 Å². The fourth-order valence-corrected chi connectivity index (χ4v) is 2.42. The molecular weight excluding hydrogens is 366 g/mol. The zero-order valence-electron chi connectivity index (χ0n) is 14.6. The van der Waals surface area contributed by atoms with Crippen LogP contribution in [-0.2, 0) is 7.05 Å². The predicted molar refractivity (Wildman–Crippen MR) is 103 cm³/mol. The van der Waals surface area contributed by atoms with Gasteiger partial charge in [0.05, 0.1) is 16.8 Å². The summed E-state index contributed by atoms with van der Waals surface area (Å²) >= 11 is 0. The summed E-state index contributed by atoms with van der Waals surface area (Å²) in [4.78, 5) is 37.4. The number of aromatic amines is 1. The van der Waals surface area contributed by atoms with Gasteiger partial charge >= 0.3 is 16.9 Å². The fourth-order valence-electron chi connectivity index (χ4n) is 2.42. The Labute approximate surface area is 157 Å². The molecule has 0 atom stereocenters. The molecule has 2 N–H and O–H groups in total. The standard InChI is InChI=1S/C18H15N5O5/c1-21-17(25)15(23(27)28)16(20-18(21)26)22(13-5-3-2-4-6-13)19-11-12-7-9-14(24)10-8-12/h2-11,24H,1H3,(H,20,26)/b19-11+. The summed E-state index contributed by atoms with van der Waals surface area (Å²) < 4.78 is 0.620. The summed E-state index contributed by atoms with van der Waals surface area (Å²) in [6.45, 7) is 0. The van der Waals surface area contributed by atoms with Crippen LogP contribution in [0.4, 0.5) is 17.2 Å². The van der Waals surface area contributed by atoms with E-state index in [1.807, 2.05) is 0 Å². The molecule has 0 aliphatic heterocycles. The van der Waals surface area contributed by atoms with Crippen molar-refractivity contribution in [2.45, 2.75) is 0 Å². The number of aromatic nitrogens is 2. The molecule has 0 spiro atoms. The highest BCUT2D eigenvalue weighted by atomic mass is 16.6. The van der Waals surface area contributed by atoms with Gasteiger partial charge in [0.1, 0.15) is 5.75 Å². The predicted octanol–water partition coefficient (Wildman–Crippen LogP) is 1.86. The van der Waals surface area contributed by atoms with Gasteiger partial charge in [-0.2, -0.15) is 5.10 Å². The number of nitrogens with one attached hydrogen (secondary N) is 1. The first-order valence-electron chi connectivity index (χ1n) is 8.04. The van der Waals surface area contributed by atoms with E-state index in [0.29, 0.717) is 15.8 Å². The van der Waals surface area contributed by atoms with Crippen molar-refractivity contribution in [2.24, 2.45) is 12.1 Å². The molecule has 0 unspecified atom stereocenters. The minimum atomic E-state index is -1.05. The quantitative estimate of drug-likeness (QED) is 0.394. The number of aromatic hydroxyl groups is 1. The molecule has 3 aromatic rings. The van der Waals surface area contributed by atoms with Gasteiger partial charge in [0.15, 0.2) is 0 Å². The molecule has 3 rings (SSSR count). The van der Waals surface area contributed by atoms with Gasteiger partial charge < -0.3 is 5.11 Å². The number of nitrogens with zero attached hydrogens (tertiary/aromatic N) is 4. The highest BCUT2D eigenvalue weighted by molar-refractivity contribution is 5.82. The van der Waals surface area contributed by atoms with E-state index in [4.69, 9.17) is 0 Å². The van der Waals surface area contributed by atoms with Gasteiger partial charge in [-0.3, -0.25) is 24.5 Å². The molecule has 1 heterocycles. The molecule has 10 nitrogen and oxygen atoms in total. The van der Waals surface area contributed by atoms with Crippen LogP contribution < -0.4 is 16.3 Å². The van der Waals surface area contributed by atoms with Crippen LogP contribution in [0.25, 0.3) is 0 Å². The third-order valence-electron chi connectivity index (χ3n) is 3.87. The van der Waals surface area contributed by atoms with E-state index in [1.54, 1.807) is 42.5 Å². The van der Waals surface area contributed by atoms with E-state index in [-0.39, 0.29) is 11.6 Å². The molecule has 1 aromatic heterocycles. The van der Waals surface area contributed by atoms with E-state index < -0.39 is 21.9 Å². The minimum absolute atomic E-state index is 0.0728. The SMILES string of the molecule is Cn1c(=O)[nH]c(N(/N=C/c2ccc(O)cc2)c2ccccc2)c([N+](=O)[O-])c1=O. The monoisotopic (exact) mass is 381 g/mol. The van der Waals surface area contributed by atoms with Gasteiger partial charge in [-0.25, -0.2) is 9.80 Å². The molecule has 0 saturated heterocycles. The van der Waals surface area contributed by atoms with Crippen molar-refractivity contribution in [2.75, 3.05) is 5.01 Å². The zero-order valence-corrected chi connectivity index (χ0v) is 14.6. The van der Waals surface area contributed by atoms with Crippen molar-refractivity contribution in [1.29, 1.82) is 0 Å². The lowest BCUT2D eigenvalue weighted by Gasteiger charge is -2.18. The number of phenolic OH excluding ortho intramolecular Hbond substituents is 1. The Hall–Kier alpha value is -4.21. The van der Waals surface area contributed by atoms with E-state index >= 15 is 0 Å². The summed E-state index contributed by atoms with van der Waals surface area (Å²) in [5.41, 5.74) is -1.69. The van der Waals surface area contributed by atoms with E-state index in [0.717, 1.165) is 12.1 Å². The van der Waals surface area contributed by atoms with Crippen molar-refractivity contribution in [3.63, 3.8) is 0 Å². The molecule has 10 heteroatoms. The number of phenols is 1. The van der Waals surface area contributed by atoms with Crippen LogP contribution >= 0.6 is 0 Å².